The second-order valence-electron chi connectivity index (χ2n) is 3.66. The van der Waals surface area contributed by atoms with Gasteiger partial charge < -0.3 is 9.30 Å². The van der Waals surface area contributed by atoms with E-state index in [4.69, 9.17) is 4.74 Å². The van der Waals surface area contributed by atoms with E-state index in [1.807, 2.05) is 19.1 Å². The second kappa shape index (κ2) is 6.40. The Balaban J connectivity index is 2.38. The molecule has 0 spiro atoms. The van der Waals surface area contributed by atoms with E-state index in [1.165, 1.54) is 0 Å². The smallest absolute Gasteiger partial charge is 0.253 e. The van der Waals surface area contributed by atoms with E-state index >= 15 is 0 Å². The highest BCUT2D eigenvalue weighted by Crippen LogP contribution is 1.91. The Morgan fingerprint density at radius 1 is 1.40 bits per heavy atom. The molecule has 0 aromatic carbocycles. The summed E-state index contributed by atoms with van der Waals surface area (Å²) in [5.41, 5.74) is 0.864. The van der Waals surface area contributed by atoms with Gasteiger partial charge in [-0.1, -0.05) is 19.4 Å². The highest BCUT2D eigenvalue weighted by molar-refractivity contribution is 5.07. The van der Waals surface area contributed by atoms with E-state index in [0.29, 0.717) is 13.2 Å². The van der Waals surface area contributed by atoms with Crippen molar-refractivity contribution in [1.29, 1.82) is 0 Å². The van der Waals surface area contributed by atoms with Crippen molar-refractivity contribution in [3.63, 3.8) is 0 Å². The molecule has 0 radical (unpaired) electrons. The number of aromatic nitrogens is 1. The van der Waals surface area contributed by atoms with Crippen LogP contribution in [-0.2, 0) is 11.3 Å². The van der Waals surface area contributed by atoms with Gasteiger partial charge in [0.1, 0.15) is 0 Å². The molecule has 1 aromatic rings. The summed E-state index contributed by atoms with van der Waals surface area (Å²) in [6.45, 7) is 6.01. The van der Waals surface area contributed by atoms with Crippen molar-refractivity contribution >= 4 is 0 Å². The Kier molecular flexibility index (Phi) is 5.12. The summed E-state index contributed by atoms with van der Waals surface area (Å²) in [4.78, 5) is 11.6. The number of nitrogens with zero attached hydrogens (tertiary/aromatic N) is 1. The zero-order valence-electron chi connectivity index (χ0n) is 9.53. The third-order valence-corrected chi connectivity index (χ3v) is 2.33. The van der Waals surface area contributed by atoms with Gasteiger partial charge in [-0.25, -0.2) is 0 Å². The maximum atomic E-state index is 11.6. The summed E-state index contributed by atoms with van der Waals surface area (Å²) in [6, 6.07) is 3.72. The van der Waals surface area contributed by atoms with Gasteiger partial charge in [-0.2, -0.15) is 0 Å². The molecule has 0 atom stereocenters. The fraction of sp³-hybridized carbons (Fsp3) is 0.583. The van der Waals surface area contributed by atoms with Crippen LogP contribution in [-0.4, -0.2) is 17.8 Å². The minimum atomic E-state index is 0.0802. The van der Waals surface area contributed by atoms with Crippen LogP contribution in [0.3, 0.4) is 0 Å². The molecular weight excluding hydrogens is 190 g/mol. The van der Waals surface area contributed by atoms with Gasteiger partial charge in [0.15, 0.2) is 0 Å². The molecule has 0 N–H and O–H groups in total. The van der Waals surface area contributed by atoms with Gasteiger partial charge in [0.05, 0.1) is 6.61 Å². The van der Waals surface area contributed by atoms with Crippen molar-refractivity contribution in [2.24, 2.45) is 0 Å². The lowest BCUT2D eigenvalue weighted by atomic mass is 10.3. The molecule has 15 heavy (non-hydrogen) atoms. The molecule has 0 amide bonds. The SMILES string of the molecule is CCCCOCCn1cccc(C)c1=O. The van der Waals surface area contributed by atoms with Crippen LogP contribution in [0, 0.1) is 6.92 Å². The van der Waals surface area contributed by atoms with Gasteiger partial charge in [0, 0.05) is 24.9 Å². The van der Waals surface area contributed by atoms with Crippen molar-refractivity contribution < 1.29 is 4.74 Å². The minimum absolute atomic E-state index is 0.0802. The molecule has 0 aliphatic heterocycles. The fourth-order valence-corrected chi connectivity index (χ4v) is 1.34. The molecule has 1 heterocycles. The fourth-order valence-electron chi connectivity index (χ4n) is 1.34. The Morgan fingerprint density at radius 2 is 2.20 bits per heavy atom. The van der Waals surface area contributed by atoms with Crippen LogP contribution in [0.5, 0.6) is 0 Å². The van der Waals surface area contributed by atoms with Crippen molar-refractivity contribution in [3.8, 4) is 0 Å². The first-order valence-corrected chi connectivity index (χ1v) is 5.49. The topological polar surface area (TPSA) is 31.2 Å². The Morgan fingerprint density at radius 3 is 2.93 bits per heavy atom. The van der Waals surface area contributed by atoms with E-state index in [9.17, 15) is 4.79 Å². The van der Waals surface area contributed by atoms with Crippen LogP contribution in [0.4, 0.5) is 0 Å². The summed E-state index contributed by atoms with van der Waals surface area (Å²) in [5, 5.41) is 0. The summed E-state index contributed by atoms with van der Waals surface area (Å²) < 4.78 is 7.11. The molecule has 0 saturated heterocycles. The number of aryl methyl sites for hydroxylation is 1. The number of hydrogen-bond donors (Lipinski definition) is 0. The first-order valence-electron chi connectivity index (χ1n) is 5.49. The van der Waals surface area contributed by atoms with E-state index in [1.54, 1.807) is 10.8 Å². The minimum Gasteiger partial charge on any atom is -0.380 e. The molecule has 0 aliphatic rings. The van der Waals surface area contributed by atoms with E-state index in [0.717, 1.165) is 25.0 Å². The number of hydrogen-bond acceptors (Lipinski definition) is 2. The van der Waals surface area contributed by atoms with E-state index in [2.05, 4.69) is 6.92 Å². The summed E-state index contributed by atoms with van der Waals surface area (Å²) in [6.07, 6.45) is 4.03. The van der Waals surface area contributed by atoms with Crippen molar-refractivity contribution in [3.05, 3.63) is 34.2 Å². The second-order valence-corrected chi connectivity index (χ2v) is 3.66. The third kappa shape index (κ3) is 3.88. The van der Waals surface area contributed by atoms with Crippen molar-refractivity contribution in [2.45, 2.75) is 33.2 Å². The Bertz CT molecular complexity index is 344. The molecule has 1 aromatic heterocycles. The maximum absolute atomic E-state index is 11.6. The van der Waals surface area contributed by atoms with Crippen molar-refractivity contribution in [2.75, 3.05) is 13.2 Å². The average Bonchev–Trinajstić information content (AvgIpc) is 2.24. The highest BCUT2D eigenvalue weighted by atomic mass is 16.5. The number of ether oxygens (including phenoxy) is 1. The van der Waals surface area contributed by atoms with Gasteiger partial charge in [0.25, 0.3) is 5.56 Å². The highest BCUT2D eigenvalue weighted by Gasteiger charge is 1.97. The first kappa shape index (κ1) is 12.0. The Hall–Kier alpha value is -1.09. The van der Waals surface area contributed by atoms with Crippen LogP contribution in [0.25, 0.3) is 0 Å². The zero-order chi connectivity index (χ0) is 11.1. The molecule has 0 saturated carbocycles. The molecule has 0 bridgehead atoms. The van der Waals surface area contributed by atoms with Crippen LogP contribution in [0.1, 0.15) is 25.3 Å². The first-order chi connectivity index (χ1) is 7.25. The third-order valence-electron chi connectivity index (χ3n) is 2.33. The Labute approximate surface area is 90.7 Å². The van der Waals surface area contributed by atoms with Crippen LogP contribution in [0.15, 0.2) is 23.1 Å². The molecule has 0 unspecified atom stereocenters. The molecule has 84 valence electrons. The standard InChI is InChI=1S/C12H19NO2/c1-3-4-9-15-10-8-13-7-5-6-11(2)12(13)14/h5-7H,3-4,8-10H2,1-2H3. The van der Waals surface area contributed by atoms with Gasteiger partial charge in [-0.05, 0) is 19.4 Å². The zero-order valence-corrected chi connectivity index (χ0v) is 9.53. The summed E-state index contributed by atoms with van der Waals surface area (Å²) in [7, 11) is 0. The summed E-state index contributed by atoms with van der Waals surface area (Å²) in [5.74, 6) is 0. The number of unbranched alkanes of at least 4 members (excludes halogenated alkanes) is 1. The predicted molar refractivity (Wildman–Crippen MR) is 61.2 cm³/mol. The van der Waals surface area contributed by atoms with E-state index in [-0.39, 0.29) is 5.56 Å². The van der Waals surface area contributed by atoms with Crippen LogP contribution < -0.4 is 5.56 Å². The molecule has 3 heteroatoms. The predicted octanol–water partition coefficient (Wildman–Crippen LogP) is 1.97. The summed E-state index contributed by atoms with van der Waals surface area (Å²) >= 11 is 0. The lowest BCUT2D eigenvalue weighted by Crippen LogP contribution is -2.23. The largest absolute Gasteiger partial charge is 0.380 e. The maximum Gasteiger partial charge on any atom is 0.253 e. The molecular formula is C12H19NO2. The van der Waals surface area contributed by atoms with Gasteiger partial charge >= 0.3 is 0 Å². The van der Waals surface area contributed by atoms with E-state index < -0.39 is 0 Å². The lowest BCUT2D eigenvalue weighted by Gasteiger charge is -2.06. The van der Waals surface area contributed by atoms with Gasteiger partial charge in [0.2, 0.25) is 0 Å². The molecule has 3 nitrogen and oxygen atoms in total. The van der Waals surface area contributed by atoms with Crippen LogP contribution >= 0.6 is 0 Å². The lowest BCUT2D eigenvalue weighted by molar-refractivity contribution is 0.123. The van der Waals surface area contributed by atoms with Crippen molar-refractivity contribution in [1.82, 2.24) is 4.57 Å². The normalized spacial score (nSPS) is 10.5. The quantitative estimate of drug-likeness (QED) is 0.671. The van der Waals surface area contributed by atoms with Gasteiger partial charge in [-0.15, -0.1) is 0 Å². The monoisotopic (exact) mass is 209 g/mol. The van der Waals surface area contributed by atoms with Gasteiger partial charge in [-0.3, -0.25) is 4.79 Å². The molecule has 0 fully saturated rings. The van der Waals surface area contributed by atoms with Crippen LogP contribution in [0.2, 0.25) is 0 Å². The molecule has 1 rings (SSSR count). The number of rotatable bonds is 6. The average molecular weight is 209 g/mol. The molecule has 0 aliphatic carbocycles. The number of pyridine rings is 1.